The van der Waals surface area contributed by atoms with Gasteiger partial charge >= 0.3 is 0 Å². The Morgan fingerprint density at radius 3 is 2.67 bits per heavy atom. The first-order valence-electron chi connectivity index (χ1n) is 3.69. The fourth-order valence-corrected chi connectivity index (χ4v) is 1.60. The Morgan fingerprint density at radius 1 is 1.42 bits per heavy atom. The van der Waals surface area contributed by atoms with Crippen molar-refractivity contribution in [2.75, 3.05) is 14.1 Å². The van der Waals surface area contributed by atoms with Gasteiger partial charge < -0.3 is 4.90 Å². The second-order valence-electron chi connectivity index (χ2n) is 2.95. The monoisotopic (exact) mass is 247 g/mol. The van der Waals surface area contributed by atoms with Gasteiger partial charge in [0.1, 0.15) is 0 Å². The first-order chi connectivity index (χ1) is 5.61. The lowest BCUT2D eigenvalue weighted by Crippen LogP contribution is -2.10. The highest BCUT2D eigenvalue weighted by molar-refractivity contribution is 9.10. The molecule has 0 aliphatic heterocycles. The molecule has 0 heterocycles. The fourth-order valence-electron chi connectivity index (χ4n) is 1.01. The van der Waals surface area contributed by atoms with Crippen LogP contribution >= 0.6 is 27.5 Å². The Balaban J connectivity index is 2.92. The first-order valence-corrected chi connectivity index (χ1v) is 4.86. The minimum atomic E-state index is 0.773. The van der Waals surface area contributed by atoms with Gasteiger partial charge in [-0.05, 0) is 41.7 Å². The second-order valence-corrected chi connectivity index (χ2v) is 4.15. The maximum absolute atomic E-state index is 5.93. The van der Waals surface area contributed by atoms with Crippen molar-refractivity contribution in [3.63, 3.8) is 0 Å². The van der Waals surface area contributed by atoms with Gasteiger partial charge in [-0.3, -0.25) is 0 Å². The lowest BCUT2D eigenvalue weighted by atomic mass is 10.2. The molecule has 1 rings (SSSR count). The van der Waals surface area contributed by atoms with Crippen molar-refractivity contribution < 1.29 is 0 Å². The van der Waals surface area contributed by atoms with Gasteiger partial charge in [0.2, 0.25) is 0 Å². The molecule has 0 radical (unpaired) electrons. The molecular formula is C9H11BrClN. The van der Waals surface area contributed by atoms with E-state index in [4.69, 9.17) is 11.6 Å². The van der Waals surface area contributed by atoms with Gasteiger partial charge in [0.15, 0.2) is 0 Å². The summed E-state index contributed by atoms with van der Waals surface area (Å²) >= 11 is 9.38. The molecule has 1 nitrogen and oxygen atoms in total. The van der Waals surface area contributed by atoms with E-state index >= 15 is 0 Å². The number of benzene rings is 1. The number of hydrogen-bond donors (Lipinski definition) is 0. The quantitative estimate of drug-likeness (QED) is 0.777. The highest BCUT2D eigenvalue weighted by Crippen LogP contribution is 2.26. The molecule has 1 aromatic rings. The average Bonchev–Trinajstić information content (AvgIpc) is 1.98. The molecule has 3 heteroatoms. The second kappa shape index (κ2) is 4.26. The molecule has 0 aliphatic carbocycles. The van der Waals surface area contributed by atoms with Gasteiger partial charge in [0, 0.05) is 11.0 Å². The molecule has 0 fully saturated rings. The largest absolute Gasteiger partial charge is 0.305 e. The highest BCUT2D eigenvalue weighted by Gasteiger charge is 2.03. The third-order valence-electron chi connectivity index (χ3n) is 1.52. The van der Waals surface area contributed by atoms with Crippen molar-refractivity contribution in [2.24, 2.45) is 0 Å². The van der Waals surface area contributed by atoms with E-state index in [9.17, 15) is 0 Å². The third-order valence-corrected chi connectivity index (χ3v) is 3.00. The van der Waals surface area contributed by atoms with Crippen LogP contribution in [0.3, 0.4) is 0 Å². The lowest BCUT2D eigenvalue weighted by molar-refractivity contribution is 0.401. The Hall–Kier alpha value is -0.0500. The van der Waals surface area contributed by atoms with Crippen molar-refractivity contribution in [3.05, 3.63) is 33.3 Å². The van der Waals surface area contributed by atoms with Crippen LogP contribution in [0.25, 0.3) is 0 Å². The maximum atomic E-state index is 5.93. The summed E-state index contributed by atoms with van der Waals surface area (Å²) in [6, 6.07) is 5.91. The summed E-state index contributed by atoms with van der Waals surface area (Å²) in [5.41, 5.74) is 1.22. The van der Waals surface area contributed by atoms with Crippen molar-refractivity contribution >= 4 is 27.5 Å². The van der Waals surface area contributed by atoms with Gasteiger partial charge in [0.25, 0.3) is 0 Å². The van der Waals surface area contributed by atoms with Crippen LogP contribution in [-0.4, -0.2) is 19.0 Å². The predicted octanol–water partition coefficient (Wildman–Crippen LogP) is 3.16. The number of halogens is 2. The van der Waals surface area contributed by atoms with Crippen molar-refractivity contribution in [1.29, 1.82) is 0 Å². The minimum Gasteiger partial charge on any atom is -0.305 e. The summed E-state index contributed by atoms with van der Waals surface area (Å²) in [7, 11) is 4.07. The average molecular weight is 249 g/mol. The molecule has 0 unspecified atom stereocenters. The van der Waals surface area contributed by atoms with Crippen molar-refractivity contribution in [3.8, 4) is 0 Å². The summed E-state index contributed by atoms with van der Waals surface area (Å²) in [5, 5.41) is 0.773. The van der Waals surface area contributed by atoms with Gasteiger partial charge in [-0.1, -0.05) is 23.7 Å². The van der Waals surface area contributed by atoms with Crippen LogP contribution in [0, 0.1) is 0 Å². The van der Waals surface area contributed by atoms with Crippen LogP contribution in [0.5, 0.6) is 0 Å². The van der Waals surface area contributed by atoms with Crippen LogP contribution in [0.2, 0.25) is 5.02 Å². The van der Waals surface area contributed by atoms with Gasteiger partial charge in [0.05, 0.1) is 5.02 Å². The summed E-state index contributed by atoms with van der Waals surface area (Å²) in [5.74, 6) is 0. The maximum Gasteiger partial charge on any atom is 0.0551 e. The minimum absolute atomic E-state index is 0.773. The summed E-state index contributed by atoms with van der Waals surface area (Å²) in [6.07, 6.45) is 0. The molecule has 0 saturated heterocycles. The number of rotatable bonds is 2. The summed E-state index contributed by atoms with van der Waals surface area (Å²) in [4.78, 5) is 2.11. The van der Waals surface area contributed by atoms with Gasteiger partial charge in [-0.25, -0.2) is 0 Å². The van der Waals surface area contributed by atoms with Crippen LogP contribution in [0.15, 0.2) is 22.7 Å². The Labute approximate surface area is 86.5 Å². The molecule has 0 N–H and O–H groups in total. The first kappa shape index (κ1) is 10.0. The summed E-state index contributed by atoms with van der Waals surface area (Å²) in [6.45, 7) is 0.904. The zero-order valence-corrected chi connectivity index (χ0v) is 9.48. The van der Waals surface area contributed by atoms with E-state index in [2.05, 4.69) is 26.9 Å². The normalized spacial score (nSPS) is 10.8. The summed E-state index contributed by atoms with van der Waals surface area (Å²) < 4.78 is 1.00. The van der Waals surface area contributed by atoms with Gasteiger partial charge in [-0.2, -0.15) is 0 Å². The van der Waals surface area contributed by atoms with E-state index in [1.807, 2.05) is 26.2 Å². The van der Waals surface area contributed by atoms with Gasteiger partial charge in [-0.15, -0.1) is 0 Å². The molecule has 0 atom stereocenters. The molecule has 0 amide bonds. The molecule has 0 aliphatic rings. The van der Waals surface area contributed by atoms with Crippen LogP contribution in [0.1, 0.15) is 5.56 Å². The zero-order valence-electron chi connectivity index (χ0n) is 7.14. The lowest BCUT2D eigenvalue weighted by Gasteiger charge is -2.11. The smallest absolute Gasteiger partial charge is 0.0551 e. The van der Waals surface area contributed by atoms with E-state index in [-0.39, 0.29) is 0 Å². The molecule has 0 spiro atoms. The SMILES string of the molecule is CN(C)Cc1cccc(Cl)c1Br. The number of nitrogens with zero attached hydrogens (tertiary/aromatic N) is 1. The molecule has 0 bridgehead atoms. The highest BCUT2D eigenvalue weighted by atomic mass is 79.9. The molecule has 1 aromatic carbocycles. The Bertz CT molecular complexity index is 273. The zero-order chi connectivity index (χ0) is 9.14. The Kier molecular flexibility index (Phi) is 3.56. The van der Waals surface area contributed by atoms with E-state index < -0.39 is 0 Å². The molecule has 12 heavy (non-hydrogen) atoms. The Morgan fingerprint density at radius 2 is 2.08 bits per heavy atom. The van der Waals surface area contributed by atoms with E-state index in [1.54, 1.807) is 0 Å². The molecule has 0 aromatic heterocycles. The van der Waals surface area contributed by atoms with Crippen LogP contribution < -0.4 is 0 Å². The van der Waals surface area contributed by atoms with Crippen molar-refractivity contribution in [2.45, 2.75) is 6.54 Å². The standard InChI is InChI=1S/C9H11BrClN/c1-12(2)6-7-4-3-5-8(11)9(7)10/h3-5H,6H2,1-2H3. The third kappa shape index (κ3) is 2.47. The number of hydrogen-bond acceptors (Lipinski definition) is 1. The predicted molar refractivity (Wildman–Crippen MR) is 56.5 cm³/mol. The fraction of sp³-hybridized carbons (Fsp3) is 0.333. The van der Waals surface area contributed by atoms with Crippen LogP contribution in [0.4, 0.5) is 0 Å². The molecule has 66 valence electrons. The van der Waals surface area contributed by atoms with E-state index in [0.29, 0.717) is 0 Å². The topological polar surface area (TPSA) is 3.24 Å². The molecule has 0 saturated carbocycles. The van der Waals surface area contributed by atoms with E-state index in [0.717, 1.165) is 16.0 Å². The van der Waals surface area contributed by atoms with Crippen molar-refractivity contribution in [1.82, 2.24) is 4.90 Å². The molecular weight excluding hydrogens is 237 g/mol. The van der Waals surface area contributed by atoms with Crippen LogP contribution in [-0.2, 0) is 6.54 Å². The van der Waals surface area contributed by atoms with E-state index in [1.165, 1.54) is 5.56 Å².